The Hall–Kier alpha value is -2.96. The number of carbonyl (C=O) groups excluding carboxylic acids is 1. The van der Waals surface area contributed by atoms with Gasteiger partial charge in [-0.1, -0.05) is 19.1 Å². The monoisotopic (exact) mass is 353 g/mol. The van der Waals surface area contributed by atoms with Crippen molar-refractivity contribution in [3.05, 3.63) is 53.5 Å². The third kappa shape index (κ3) is 4.17. The average Bonchev–Trinajstić information content (AvgIpc) is 3.07. The van der Waals surface area contributed by atoms with E-state index in [1.807, 2.05) is 45.9 Å². The van der Waals surface area contributed by atoms with Crippen molar-refractivity contribution in [2.24, 2.45) is 0 Å². The Bertz CT molecular complexity index is 910. The van der Waals surface area contributed by atoms with Gasteiger partial charge in [-0.2, -0.15) is 14.6 Å². The summed E-state index contributed by atoms with van der Waals surface area (Å²) in [4.78, 5) is 20.7. The van der Waals surface area contributed by atoms with Gasteiger partial charge in [-0.25, -0.2) is 9.78 Å². The van der Waals surface area contributed by atoms with Crippen molar-refractivity contribution in [2.45, 2.75) is 46.3 Å². The summed E-state index contributed by atoms with van der Waals surface area (Å²) in [6, 6.07) is 9.34. The Labute approximate surface area is 152 Å². The number of anilines is 1. The van der Waals surface area contributed by atoms with Crippen LogP contribution in [0.5, 0.6) is 0 Å². The van der Waals surface area contributed by atoms with Crippen molar-refractivity contribution in [3.8, 4) is 0 Å². The highest BCUT2D eigenvalue weighted by Gasteiger charge is 2.17. The molecule has 0 fully saturated rings. The van der Waals surface area contributed by atoms with Gasteiger partial charge < -0.3 is 10.1 Å². The largest absolute Gasteiger partial charge is 0.456 e. The minimum absolute atomic E-state index is 0.317. The molecule has 0 radical (unpaired) electrons. The lowest BCUT2D eigenvalue weighted by Gasteiger charge is -2.19. The van der Waals surface area contributed by atoms with Crippen LogP contribution in [-0.4, -0.2) is 31.2 Å². The number of ether oxygens (including phenoxy) is 1. The first-order chi connectivity index (χ1) is 12.4. The second kappa shape index (κ2) is 7.11. The van der Waals surface area contributed by atoms with Gasteiger partial charge in [0.05, 0.1) is 5.56 Å². The Morgan fingerprint density at radius 1 is 1.23 bits per heavy atom. The van der Waals surface area contributed by atoms with Gasteiger partial charge in [0.15, 0.2) is 0 Å². The summed E-state index contributed by atoms with van der Waals surface area (Å²) in [5.74, 6) is 1.09. The number of fused-ring (bicyclic) bond motifs is 1. The molecule has 2 aromatic heterocycles. The molecule has 1 aromatic carbocycles. The van der Waals surface area contributed by atoms with E-state index in [9.17, 15) is 4.79 Å². The minimum Gasteiger partial charge on any atom is -0.456 e. The highest BCUT2D eigenvalue weighted by atomic mass is 16.6. The van der Waals surface area contributed by atoms with E-state index in [1.165, 1.54) is 6.33 Å². The molecule has 0 bridgehead atoms. The summed E-state index contributed by atoms with van der Waals surface area (Å²) in [7, 11) is 0. The Morgan fingerprint density at radius 2 is 1.96 bits per heavy atom. The van der Waals surface area contributed by atoms with E-state index in [2.05, 4.69) is 20.4 Å². The van der Waals surface area contributed by atoms with Crippen molar-refractivity contribution < 1.29 is 9.53 Å². The summed E-state index contributed by atoms with van der Waals surface area (Å²) < 4.78 is 7.05. The molecule has 0 aliphatic carbocycles. The zero-order valence-corrected chi connectivity index (χ0v) is 15.5. The molecule has 7 nitrogen and oxygen atoms in total. The summed E-state index contributed by atoms with van der Waals surface area (Å²) in [6.07, 6.45) is 2.31. The van der Waals surface area contributed by atoms with Crippen LogP contribution < -0.4 is 5.32 Å². The van der Waals surface area contributed by atoms with Gasteiger partial charge in [0.25, 0.3) is 5.78 Å². The fourth-order valence-corrected chi connectivity index (χ4v) is 2.46. The molecular formula is C19H23N5O2. The van der Waals surface area contributed by atoms with E-state index in [0.717, 1.165) is 23.5 Å². The lowest BCUT2D eigenvalue weighted by Crippen LogP contribution is -2.23. The number of aryl methyl sites for hydroxylation is 1. The standard InChI is InChI=1S/C19H23N5O2/c1-5-15-10-16(24-18(23-15)21-12-22-24)20-11-13-6-8-14(9-7-13)17(25)26-19(2,3)4/h6-10,12,20H,5,11H2,1-4H3. The van der Waals surface area contributed by atoms with Gasteiger partial charge in [0.2, 0.25) is 0 Å². The number of nitrogens with zero attached hydrogens (tertiary/aromatic N) is 4. The number of esters is 1. The zero-order valence-electron chi connectivity index (χ0n) is 15.5. The van der Waals surface area contributed by atoms with E-state index in [0.29, 0.717) is 17.9 Å². The molecule has 3 rings (SSSR count). The molecule has 0 aliphatic heterocycles. The van der Waals surface area contributed by atoms with Gasteiger partial charge in [0.1, 0.15) is 17.7 Å². The Kier molecular flexibility index (Phi) is 4.88. The average molecular weight is 353 g/mol. The topological polar surface area (TPSA) is 81.4 Å². The molecule has 0 unspecified atom stereocenters. The quantitative estimate of drug-likeness (QED) is 0.709. The third-order valence-corrected chi connectivity index (χ3v) is 3.73. The number of hydrogen-bond acceptors (Lipinski definition) is 6. The van der Waals surface area contributed by atoms with Crippen molar-refractivity contribution in [1.82, 2.24) is 19.6 Å². The van der Waals surface area contributed by atoms with Crippen LogP contribution in [-0.2, 0) is 17.7 Å². The van der Waals surface area contributed by atoms with Crippen LogP contribution in [0.25, 0.3) is 5.78 Å². The summed E-state index contributed by atoms with van der Waals surface area (Å²) in [6.45, 7) is 8.21. The lowest BCUT2D eigenvalue weighted by molar-refractivity contribution is 0.00695. The molecule has 0 spiro atoms. The molecule has 0 aliphatic rings. The minimum atomic E-state index is -0.501. The van der Waals surface area contributed by atoms with Gasteiger partial charge in [0, 0.05) is 18.3 Å². The third-order valence-electron chi connectivity index (χ3n) is 3.73. The molecule has 0 saturated heterocycles. The lowest BCUT2D eigenvalue weighted by atomic mass is 10.1. The smallest absolute Gasteiger partial charge is 0.338 e. The predicted octanol–water partition coefficient (Wildman–Crippen LogP) is 3.25. The van der Waals surface area contributed by atoms with Crippen molar-refractivity contribution in [2.75, 3.05) is 5.32 Å². The first-order valence-electron chi connectivity index (χ1n) is 8.61. The molecule has 7 heteroatoms. The molecule has 26 heavy (non-hydrogen) atoms. The van der Waals surface area contributed by atoms with Crippen LogP contribution in [0.15, 0.2) is 36.7 Å². The maximum Gasteiger partial charge on any atom is 0.338 e. The first-order valence-corrected chi connectivity index (χ1v) is 8.61. The Morgan fingerprint density at radius 3 is 2.62 bits per heavy atom. The Balaban J connectivity index is 1.71. The van der Waals surface area contributed by atoms with E-state index in [4.69, 9.17) is 4.74 Å². The fourth-order valence-electron chi connectivity index (χ4n) is 2.46. The van der Waals surface area contributed by atoms with Crippen molar-refractivity contribution in [1.29, 1.82) is 0 Å². The molecule has 0 atom stereocenters. The van der Waals surface area contributed by atoms with Crippen LogP contribution in [0.2, 0.25) is 0 Å². The number of carbonyl (C=O) groups is 1. The van der Waals surface area contributed by atoms with Crippen LogP contribution in [0.4, 0.5) is 5.82 Å². The first kappa shape index (κ1) is 17.8. The molecule has 3 aromatic rings. The van der Waals surface area contributed by atoms with Crippen molar-refractivity contribution in [3.63, 3.8) is 0 Å². The van der Waals surface area contributed by atoms with Crippen LogP contribution in [0.3, 0.4) is 0 Å². The number of nitrogens with one attached hydrogen (secondary N) is 1. The zero-order chi connectivity index (χ0) is 18.7. The summed E-state index contributed by atoms with van der Waals surface area (Å²) >= 11 is 0. The van der Waals surface area contributed by atoms with Gasteiger partial charge in [-0.3, -0.25) is 0 Å². The number of aromatic nitrogens is 4. The van der Waals surface area contributed by atoms with Crippen LogP contribution >= 0.6 is 0 Å². The van der Waals surface area contributed by atoms with Gasteiger partial charge >= 0.3 is 5.97 Å². The van der Waals surface area contributed by atoms with Crippen molar-refractivity contribution >= 4 is 17.6 Å². The van der Waals surface area contributed by atoms with Crippen LogP contribution in [0.1, 0.15) is 49.3 Å². The number of rotatable bonds is 5. The van der Waals surface area contributed by atoms with Crippen LogP contribution in [0, 0.1) is 0 Å². The molecule has 0 amide bonds. The normalized spacial score (nSPS) is 11.5. The summed E-state index contributed by atoms with van der Waals surface area (Å²) in [5.41, 5.74) is 2.03. The van der Waals surface area contributed by atoms with E-state index < -0.39 is 5.60 Å². The summed E-state index contributed by atoms with van der Waals surface area (Å²) in [5, 5.41) is 7.55. The highest BCUT2D eigenvalue weighted by Crippen LogP contribution is 2.15. The number of hydrogen-bond donors (Lipinski definition) is 1. The SMILES string of the molecule is CCc1cc(NCc2ccc(C(=O)OC(C)(C)C)cc2)n2ncnc2n1. The maximum absolute atomic E-state index is 12.1. The van der Waals surface area contributed by atoms with Gasteiger partial charge in [-0.05, 0) is 44.9 Å². The molecular weight excluding hydrogens is 330 g/mol. The number of benzene rings is 1. The van der Waals surface area contributed by atoms with Gasteiger partial charge in [-0.15, -0.1) is 0 Å². The molecule has 136 valence electrons. The predicted molar refractivity (Wildman–Crippen MR) is 99.1 cm³/mol. The highest BCUT2D eigenvalue weighted by molar-refractivity contribution is 5.89. The maximum atomic E-state index is 12.1. The molecule has 2 heterocycles. The van der Waals surface area contributed by atoms with E-state index in [-0.39, 0.29) is 5.97 Å². The molecule has 0 saturated carbocycles. The van der Waals surface area contributed by atoms with E-state index in [1.54, 1.807) is 16.6 Å². The van der Waals surface area contributed by atoms with E-state index >= 15 is 0 Å². The second-order valence-electron chi connectivity index (χ2n) is 7.01. The fraction of sp³-hybridized carbons (Fsp3) is 0.368. The molecule has 1 N–H and O–H groups in total. The second-order valence-corrected chi connectivity index (χ2v) is 7.01.